The van der Waals surface area contributed by atoms with Crippen LogP contribution in [0.1, 0.15) is 28.7 Å². The van der Waals surface area contributed by atoms with Gasteiger partial charge in [0.2, 0.25) is 11.8 Å². The van der Waals surface area contributed by atoms with Crippen molar-refractivity contribution < 1.29 is 19.1 Å². The van der Waals surface area contributed by atoms with Crippen molar-refractivity contribution in [3.05, 3.63) is 87.6 Å². The van der Waals surface area contributed by atoms with Crippen molar-refractivity contribution in [1.29, 1.82) is 0 Å². The van der Waals surface area contributed by atoms with E-state index in [9.17, 15) is 14.4 Å². The molecule has 0 aliphatic rings. The van der Waals surface area contributed by atoms with Crippen LogP contribution in [0.15, 0.2) is 65.4 Å². The molecule has 1 heterocycles. The first-order valence-electron chi connectivity index (χ1n) is 11.3. The number of ether oxygens (including phenoxy) is 1. The highest BCUT2D eigenvalue weighted by atomic mass is 32.1. The maximum atomic E-state index is 12.9. The van der Waals surface area contributed by atoms with Crippen molar-refractivity contribution in [3.63, 3.8) is 0 Å². The molecule has 2 aromatic carbocycles. The molecule has 0 fully saturated rings. The van der Waals surface area contributed by atoms with Crippen molar-refractivity contribution in [2.45, 2.75) is 38.4 Å². The van der Waals surface area contributed by atoms with Gasteiger partial charge < -0.3 is 26.8 Å². The van der Waals surface area contributed by atoms with Crippen LogP contribution in [0.25, 0.3) is 0 Å². The SMILES string of the molecule is NCc1ccc(CNC(=O)[C@H](Cc2ccsc2)NC(=O)CCc2ccc(OCC(N)=O)cc2)cc1. The van der Waals surface area contributed by atoms with Gasteiger partial charge in [-0.05, 0) is 57.6 Å². The summed E-state index contributed by atoms with van der Waals surface area (Å²) in [6.07, 6.45) is 1.15. The van der Waals surface area contributed by atoms with Crippen LogP contribution in [0.5, 0.6) is 5.75 Å². The lowest BCUT2D eigenvalue weighted by Crippen LogP contribution is -2.47. The van der Waals surface area contributed by atoms with Crippen LogP contribution < -0.4 is 26.8 Å². The Hall–Kier alpha value is -3.69. The van der Waals surface area contributed by atoms with E-state index in [4.69, 9.17) is 16.2 Å². The Morgan fingerprint density at radius 3 is 2.23 bits per heavy atom. The van der Waals surface area contributed by atoms with Gasteiger partial charge in [0.1, 0.15) is 11.8 Å². The zero-order valence-electron chi connectivity index (χ0n) is 19.4. The fraction of sp³-hybridized carbons (Fsp3) is 0.269. The number of nitrogens with two attached hydrogens (primary N) is 2. The van der Waals surface area contributed by atoms with Crippen LogP contribution in [0.2, 0.25) is 0 Å². The van der Waals surface area contributed by atoms with Crippen LogP contribution >= 0.6 is 11.3 Å². The lowest BCUT2D eigenvalue weighted by Gasteiger charge is -2.18. The van der Waals surface area contributed by atoms with Gasteiger partial charge in [-0.1, -0.05) is 36.4 Å². The summed E-state index contributed by atoms with van der Waals surface area (Å²) in [6.45, 7) is 0.646. The summed E-state index contributed by atoms with van der Waals surface area (Å²) in [5.74, 6) is -0.455. The van der Waals surface area contributed by atoms with E-state index >= 15 is 0 Å². The minimum Gasteiger partial charge on any atom is -0.484 e. The molecule has 3 rings (SSSR count). The van der Waals surface area contributed by atoms with Crippen molar-refractivity contribution in [2.75, 3.05) is 6.61 Å². The van der Waals surface area contributed by atoms with E-state index in [1.807, 2.05) is 53.2 Å². The quantitative estimate of drug-likeness (QED) is 0.288. The molecule has 3 aromatic rings. The molecule has 0 bridgehead atoms. The van der Waals surface area contributed by atoms with E-state index in [0.717, 1.165) is 22.3 Å². The second-order valence-corrected chi connectivity index (χ2v) is 8.87. The molecule has 9 heteroatoms. The predicted molar refractivity (Wildman–Crippen MR) is 136 cm³/mol. The highest BCUT2D eigenvalue weighted by molar-refractivity contribution is 7.07. The van der Waals surface area contributed by atoms with Gasteiger partial charge in [0.25, 0.3) is 5.91 Å². The third kappa shape index (κ3) is 8.88. The number of rotatable bonds is 13. The second kappa shape index (κ2) is 13.3. The topological polar surface area (TPSA) is 137 Å². The molecule has 1 atom stereocenters. The van der Waals surface area contributed by atoms with Gasteiger partial charge in [0, 0.05) is 25.9 Å². The normalized spacial score (nSPS) is 11.5. The first kappa shape index (κ1) is 25.9. The van der Waals surface area contributed by atoms with Crippen molar-refractivity contribution in [1.82, 2.24) is 10.6 Å². The number of amides is 3. The second-order valence-electron chi connectivity index (χ2n) is 8.09. The molecule has 1 aromatic heterocycles. The van der Waals surface area contributed by atoms with E-state index in [1.54, 1.807) is 23.5 Å². The molecule has 6 N–H and O–H groups in total. The number of hydrogen-bond donors (Lipinski definition) is 4. The van der Waals surface area contributed by atoms with Crippen LogP contribution in [0, 0.1) is 0 Å². The van der Waals surface area contributed by atoms with Gasteiger partial charge in [0.05, 0.1) is 0 Å². The number of carbonyl (C=O) groups is 3. The van der Waals surface area contributed by atoms with Crippen LogP contribution in [-0.2, 0) is 40.3 Å². The highest BCUT2D eigenvalue weighted by Crippen LogP contribution is 2.14. The van der Waals surface area contributed by atoms with Gasteiger partial charge >= 0.3 is 0 Å². The monoisotopic (exact) mass is 494 g/mol. The summed E-state index contributed by atoms with van der Waals surface area (Å²) < 4.78 is 5.24. The summed E-state index contributed by atoms with van der Waals surface area (Å²) in [6, 6.07) is 16.1. The summed E-state index contributed by atoms with van der Waals surface area (Å²) in [4.78, 5) is 36.4. The van der Waals surface area contributed by atoms with E-state index in [-0.39, 0.29) is 24.8 Å². The van der Waals surface area contributed by atoms with Gasteiger partial charge in [-0.15, -0.1) is 0 Å². The van der Waals surface area contributed by atoms with Gasteiger partial charge in [-0.25, -0.2) is 0 Å². The van der Waals surface area contributed by atoms with Crippen LogP contribution in [0.4, 0.5) is 0 Å². The minimum atomic E-state index is -0.676. The molecule has 0 aliphatic carbocycles. The first-order valence-corrected chi connectivity index (χ1v) is 12.2. The Morgan fingerprint density at radius 1 is 0.914 bits per heavy atom. The lowest BCUT2D eigenvalue weighted by molar-refractivity contribution is -0.129. The van der Waals surface area contributed by atoms with Crippen molar-refractivity contribution in [2.24, 2.45) is 11.5 Å². The molecule has 0 unspecified atom stereocenters. The fourth-order valence-electron chi connectivity index (χ4n) is 3.39. The fourth-order valence-corrected chi connectivity index (χ4v) is 4.07. The van der Waals surface area contributed by atoms with E-state index in [0.29, 0.717) is 31.7 Å². The summed E-state index contributed by atoms with van der Waals surface area (Å²) in [5.41, 5.74) is 14.6. The van der Waals surface area contributed by atoms with Gasteiger partial charge in [-0.2, -0.15) is 11.3 Å². The molecule has 0 saturated carbocycles. The number of aryl methyl sites for hydroxylation is 1. The molecule has 0 spiro atoms. The Balaban J connectivity index is 1.53. The maximum absolute atomic E-state index is 12.9. The summed E-state index contributed by atoms with van der Waals surface area (Å²) >= 11 is 1.55. The largest absolute Gasteiger partial charge is 0.484 e. The maximum Gasteiger partial charge on any atom is 0.255 e. The Bertz CT molecular complexity index is 1100. The summed E-state index contributed by atoms with van der Waals surface area (Å²) in [7, 11) is 0. The van der Waals surface area contributed by atoms with Crippen LogP contribution in [0.3, 0.4) is 0 Å². The zero-order valence-corrected chi connectivity index (χ0v) is 20.2. The number of hydrogen-bond acceptors (Lipinski definition) is 6. The molecule has 0 radical (unpaired) electrons. The van der Waals surface area contributed by atoms with E-state index < -0.39 is 11.9 Å². The first-order chi connectivity index (χ1) is 16.9. The molecule has 0 saturated heterocycles. The predicted octanol–water partition coefficient (Wildman–Crippen LogP) is 2.05. The van der Waals surface area contributed by atoms with E-state index in [2.05, 4.69) is 10.6 Å². The average Bonchev–Trinajstić information content (AvgIpc) is 3.38. The number of carbonyl (C=O) groups excluding carboxylic acids is 3. The third-order valence-corrected chi connectivity index (χ3v) is 6.07. The third-order valence-electron chi connectivity index (χ3n) is 5.34. The minimum absolute atomic E-state index is 0.186. The number of thiophene rings is 1. The number of nitrogens with one attached hydrogen (secondary N) is 2. The van der Waals surface area contributed by atoms with Crippen LogP contribution in [-0.4, -0.2) is 30.4 Å². The highest BCUT2D eigenvalue weighted by Gasteiger charge is 2.21. The molecular formula is C26H30N4O4S. The van der Waals surface area contributed by atoms with Gasteiger partial charge in [-0.3, -0.25) is 14.4 Å². The van der Waals surface area contributed by atoms with Crippen molar-refractivity contribution in [3.8, 4) is 5.75 Å². The van der Waals surface area contributed by atoms with E-state index in [1.165, 1.54) is 0 Å². The molecular weight excluding hydrogens is 464 g/mol. The number of benzene rings is 2. The standard InChI is InChI=1S/C26H30N4O4S/c27-14-19-1-3-20(4-2-19)15-29-26(33)23(13-21-11-12-35-17-21)30-25(32)10-7-18-5-8-22(9-6-18)34-16-24(28)31/h1-6,8-9,11-12,17,23H,7,10,13-16,27H2,(H2,28,31)(H,29,33)(H,30,32)/t23-/m0/s1. The zero-order chi connectivity index (χ0) is 25.0. The molecule has 0 aliphatic heterocycles. The summed E-state index contributed by atoms with van der Waals surface area (Å²) in [5, 5.41) is 9.73. The smallest absolute Gasteiger partial charge is 0.255 e. The molecule has 3 amide bonds. The van der Waals surface area contributed by atoms with Gasteiger partial charge in [0.15, 0.2) is 6.61 Å². The van der Waals surface area contributed by atoms with Crippen molar-refractivity contribution >= 4 is 29.1 Å². The molecule has 35 heavy (non-hydrogen) atoms. The Kier molecular flexibility index (Phi) is 9.82. The number of primary amides is 1. The average molecular weight is 495 g/mol. The molecule has 184 valence electrons. The lowest BCUT2D eigenvalue weighted by atomic mass is 10.1. The Morgan fingerprint density at radius 2 is 1.60 bits per heavy atom. The Labute approximate surface area is 208 Å². The molecule has 8 nitrogen and oxygen atoms in total.